The van der Waals surface area contributed by atoms with Crippen LogP contribution in [0.5, 0.6) is 11.5 Å². The van der Waals surface area contributed by atoms with Crippen LogP contribution in [-0.4, -0.2) is 24.2 Å². The molecule has 0 saturated heterocycles. The van der Waals surface area contributed by atoms with E-state index in [1.807, 2.05) is 6.07 Å². The van der Waals surface area contributed by atoms with Crippen LogP contribution in [-0.2, 0) is 11.2 Å². The van der Waals surface area contributed by atoms with E-state index in [-0.39, 0.29) is 11.7 Å². The molecule has 4 nitrogen and oxygen atoms in total. The number of amides is 1. The van der Waals surface area contributed by atoms with E-state index in [0.29, 0.717) is 17.9 Å². The molecule has 1 N–H and O–H groups in total. The molecule has 1 heterocycles. The first kappa shape index (κ1) is 14.4. The number of benzene rings is 2. The summed E-state index contributed by atoms with van der Waals surface area (Å²) in [7, 11) is 1.73. The van der Waals surface area contributed by atoms with Gasteiger partial charge in [0.15, 0.2) is 6.10 Å². The highest BCUT2D eigenvalue weighted by molar-refractivity contribution is 5.99. The van der Waals surface area contributed by atoms with Crippen molar-refractivity contribution in [1.82, 2.24) is 0 Å². The van der Waals surface area contributed by atoms with Gasteiger partial charge in [-0.3, -0.25) is 4.79 Å². The molecule has 3 rings (SSSR count). The summed E-state index contributed by atoms with van der Waals surface area (Å²) in [5.74, 6) is 0.596. The number of hydrogen-bond acceptors (Lipinski definition) is 3. The van der Waals surface area contributed by atoms with E-state index < -0.39 is 6.10 Å². The molecule has 114 valence electrons. The van der Waals surface area contributed by atoms with Crippen molar-refractivity contribution in [1.29, 1.82) is 0 Å². The van der Waals surface area contributed by atoms with Gasteiger partial charge in [0.25, 0.3) is 5.91 Å². The lowest BCUT2D eigenvalue weighted by molar-refractivity contribution is -0.125. The maximum absolute atomic E-state index is 12.5. The number of carbonyl (C=O) groups excluding carboxylic acids is 1. The van der Waals surface area contributed by atoms with Crippen molar-refractivity contribution in [3.8, 4) is 11.5 Å². The number of aryl methyl sites for hydroxylation is 2. The monoisotopic (exact) mass is 297 g/mol. The van der Waals surface area contributed by atoms with Gasteiger partial charge in [-0.05, 0) is 42.7 Å². The zero-order valence-corrected chi connectivity index (χ0v) is 13.0. The first-order valence-corrected chi connectivity index (χ1v) is 7.29. The predicted octanol–water partition coefficient (Wildman–Crippen LogP) is 2.98. The Kier molecular flexibility index (Phi) is 3.53. The molecule has 0 saturated carbocycles. The summed E-state index contributed by atoms with van der Waals surface area (Å²) in [6, 6.07) is 11.0. The third-order valence-electron chi connectivity index (χ3n) is 4.17. The van der Waals surface area contributed by atoms with Crippen molar-refractivity contribution < 1.29 is 14.6 Å². The normalized spacial score (nSPS) is 17.1. The molecule has 22 heavy (non-hydrogen) atoms. The fraction of sp³-hybridized carbons (Fsp3) is 0.278. The molecule has 1 aliphatic heterocycles. The predicted molar refractivity (Wildman–Crippen MR) is 85.6 cm³/mol. The minimum absolute atomic E-state index is 0.0728. The Morgan fingerprint density at radius 2 is 1.91 bits per heavy atom. The Bertz CT molecular complexity index is 739. The van der Waals surface area contributed by atoms with E-state index in [2.05, 4.69) is 26.0 Å². The largest absolute Gasteiger partial charge is 0.508 e. The number of phenols is 1. The maximum Gasteiger partial charge on any atom is 0.268 e. The van der Waals surface area contributed by atoms with Crippen molar-refractivity contribution in [2.75, 3.05) is 11.9 Å². The third-order valence-corrected chi connectivity index (χ3v) is 4.17. The summed E-state index contributed by atoms with van der Waals surface area (Å²) in [6.45, 7) is 4.12. The number of rotatable bonds is 2. The van der Waals surface area contributed by atoms with Crippen molar-refractivity contribution in [3.05, 3.63) is 53.1 Å². The van der Waals surface area contributed by atoms with E-state index in [9.17, 15) is 9.90 Å². The molecule has 0 fully saturated rings. The minimum atomic E-state index is -0.568. The minimum Gasteiger partial charge on any atom is -0.508 e. The number of likely N-dealkylation sites (N-methyl/N-ethyl adjacent to an activating group) is 1. The molecular weight excluding hydrogens is 278 g/mol. The second kappa shape index (κ2) is 5.37. The number of fused-ring (bicyclic) bond motifs is 1. The number of carbonyl (C=O) groups is 1. The lowest BCUT2D eigenvalue weighted by Gasteiger charge is -2.32. The summed E-state index contributed by atoms with van der Waals surface area (Å²) in [5, 5.41) is 9.60. The van der Waals surface area contributed by atoms with E-state index in [0.717, 1.165) is 5.56 Å². The number of ether oxygens (including phenoxy) is 1. The van der Waals surface area contributed by atoms with Crippen LogP contribution in [0, 0.1) is 13.8 Å². The van der Waals surface area contributed by atoms with Gasteiger partial charge in [-0.2, -0.15) is 0 Å². The first-order chi connectivity index (χ1) is 10.5. The number of nitrogens with zero attached hydrogens (tertiary/aromatic N) is 1. The van der Waals surface area contributed by atoms with Gasteiger partial charge >= 0.3 is 0 Å². The Labute approximate surface area is 130 Å². The summed E-state index contributed by atoms with van der Waals surface area (Å²) in [4.78, 5) is 14.1. The quantitative estimate of drug-likeness (QED) is 0.927. The van der Waals surface area contributed by atoms with Gasteiger partial charge in [0.05, 0.1) is 5.69 Å². The zero-order chi connectivity index (χ0) is 15.9. The molecular formula is C18H19NO3. The van der Waals surface area contributed by atoms with Gasteiger partial charge in [0, 0.05) is 19.5 Å². The average Bonchev–Trinajstić information content (AvgIpc) is 2.48. The highest BCUT2D eigenvalue weighted by Crippen LogP contribution is 2.36. The smallest absolute Gasteiger partial charge is 0.268 e. The van der Waals surface area contributed by atoms with Crippen molar-refractivity contribution >= 4 is 11.6 Å². The summed E-state index contributed by atoms with van der Waals surface area (Å²) in [6.07, 6.45) is -0.0549. The molecule has 0 spiro atoms. The molecule has 1 aliphatic rings. The Hall–Kier alpha value is -2.49. The molecule has 1 unspecified atom stereocenters. The Morgan fingerprint density at radius 3 is 2.64 bits per heavy atom. The molecule has 0 aromatic heterocycles. The molecule has 1 atom stereocenters. The highest BCUT2D eigenvalue weighted by atomic mass is 16.5. The van der Waals surface area contributed by atoms with Crippen LogP contribution in [0.1, 0.15) is 16.7 Å². The van der Waals surface area contributed by atoms with Crippen molar-refractivity contribution in [2.45, 2.75) is 26.4 Å². The number of phenolic OH excluding ortho intramolecular Hbond substituents is 1. The van der Waals surface area contributed by atoms with E-state index in [4.69, 9.17) is 4.74 Å². The first-order valence-electron chi connectivity index (χ1n) is 7.29. The standard InChI is InChI=1S/C18H19NO3/c1-11-4-5-13(8-12(11)2)9-17-18(21)19(3)15-7-6-14(20)10-16(15)22-17/h4-8,10,17,20H,9H2,1-3H3. The van der Waals surface area contributed by atoms with Crippen LogP contribution in [0.25, 0.3) is 0 Å². The average molecular weight is 297 g/mol. The van der Waals surface area contributed by atoms with Gasteiger partial charge in [0.1, 0.15) is 11.5 Å². The van der Waals surface area contributed by atoms with Crippen molar-refractivity contribution in [2.24, 2.45) is 0 Å². The van der Waals surface area contributed by atoms with Gasteiger partial charge in [-0.25, -0.2) is 0 Å². The second-order valence-electron chi connectivity index (χ2n) is 5.78. The van der Waals surface area contributed by atoms with Crippen LogP contribution >= 0.6 is 0 Å². The lowest BCUT2D eigenvalue weighted by atomic mass is 10.0. The maximum atomic E-state index is 12.5. The van der Waals surface area contributed by atoms with Crippen LogP contribution < -0.4 is 9.64 Å². The number of anilines is 1. The zero-order valence-electron chi connectivity index (χ0n) is 13.0. The summed E-state index contributed by atoms with van der Waals surface area (Å²) in [5.41, 5.74) is 4.18. The summed E-state index contributed by atoms with van der Waals surface area (Å²) < 4.78 is 5.82. The van der Waals surface area contributed by atoms with Crippen molar-refractivity contribution in [3.63, 3.8) is 0 Å². The molecule has 2 aromatic rings. The van der Waals surface area contributed by atoms with Gasteiger partial charge < -0.3 is 14.7 Å². The molecule has 0 radical (unpaired) electrons. The summed E-state index contributed by atoms with van der Waals surface area (Å²) >= 11 is 0. The molecule has 2 aromatic carbocycles. The lowest BCUT2D eigenvalue weighted by Crippen LogP contribution is -2.44. The molecule has 0 bridgehead atoms. The second-order valence-corrected chi connectivity index (χ2v) is 5.78. The van der Waals surface area contributed by atoms with Crippen LogP contribution in [0.2, 0.25) is 0 Å². The Morgan fingerprint density at radius 1 is 1.14 bits per heavy atom. The van der Waals surface area contributed by atoms with E-state index in [1.54, 1.807) is 30.1 Å². The van der Waals surface area contributed by atoms with E-state index >= 15 is 0 Å². The fourth-order valence-corrected chi connectivity index (χ4v) is 2.69. The highest BCUT2D eigenvalue weighted by Gasteiger charge is 2.32. The molecule has 4 heteroatoms. The fourth-order valence-electron chi connectivity index (χ4n) is 2.69. The van der Waals surface area contributed by atoms with Crippen LogP contribution in [0.15, 0.2) is 36.4 Å². The van der Waals surface area contributed by atoms with Gasteiger partial charge in [0.2, 0.25) is 0 Å². The molecule has 1 amide bonds. The SMILES string of the molecule is Cc1ccc(CC2Oc3cc(O)ccc3N(C)C2=O)cc1C. The third kappa shape index (κ3) is 2.52. The molecule has 0 aliphatic carbocycles. The van der Waals surface area contributed by atoms with Gasteiger partial charge in [-0.1, -0.05) is 18.2 Å². The van der Waals surface area contributed by atoms with Crippen LogP contribution in [0.4, 0.5) is 5.69 Å². The van der Waals surface area contributed by atoms with E-state index in [1.165, 1.54) is 11.1 Å². The van der Waals surface area contributed by atoms with Crippen LogP contribution in [0.3, 0.4) is 0 Å². The number of aromatic hydroxyl groups is 1. The number of hydrogen-bond donors (Lipinski definition) is 1. The van der Waals surface area contributed by atoms with Gasteiger partial charge in [-0.15, -0.1) is 0 Å². The topological polar surface area (TPSA) is 49.8 Å². The Balaban J connectivity index is 1.88.